The van der Waals surface area contributed by atoms with Gasteiger partial charge in [0.1, 0.15) is 6.10 Å². The Morgan fingerprint density at radius 1 is 1.59 bits per heavy atom. The van der Waals surface area contributed by atoms with Gasteiger partial charge in [-0.15, -0.1) is 0 Å². The minimum absolute atomic E-state index is 0.411. The number of hydrogen-bond donors (Lipinski definition) is 2. The molecule has 1 aliphatic carbocycles. The van der Waals surface area contributed by atoms with Crippen molar-refractivity contribution in [1.29, 1.82) is 0 Å². The maximum Gasteiger partial charge on any atom is 0.341 e. The molecule has 17 heavy (non-hydrogen) atoms. The van der Waals surface area contributed by atoms with Gasteiger partial charge in [-0.3, -0.25) is 0 Å². The first-order valence-electron chi connectivity index (χ1n) is 6.13. The molecule has 4 nitrogen and oxygen atoms in total. The number of cyclic esters (lactones) is 1. The zero-order chi connectivity index (χ0) is 12.5. The molecular weight excluding hydrogens is 220 g/mol. The lowest BCUT2D eigenvalue weighted by atomic mass is 9.89. The van der Waals surface area contributed by atoms with Gasteiger partial charge in [0.2, 0.25) is 0 Å². The number of hydrogen-bond acceptors (Lipinski definition) is 4. The second-order valence-electron chi connectivity index (χ2n) is 4.58. The van der Waals surface area contributed by atoms with Crippen molar-refractivity contribution in [3.05, 3.63) is 23.3 Å². The monoisotopic (exact) mass is 238 g/mol. The molecule has 4 heteroatoms. The molecule has 0 aromatic rings. The largest absolute Gasteiger partial charge is 0.423 e. The van der Waals surface area contributed by atoms with E-state index in [1.807, 2.05) is 13.0 Å². The summed E-state index contributed by atoms with van der Waals surface area (Å²) < 4.78 is 5.00. The van der Waals surface area contributed by atoms with Gasteiger partial charge in [-0.2, -0.15) is 0 Å². The highest BCUT2D eigenvalue weighted by Crippen LogP contribution is 2.40. The van der Waals surface area contributed by atoms with Crippen LogP contribution in [0.3, 0.4) is 0 Å². The van der Waals surface area contributed by atoms with Crippen LogP contribution in [0, 0.1) is 0 Å². The normalized spacial score (nSPS) is 29.2. The summed E-state index contributed by atoms with van der Waals surface area (Å²) >= 11 is 0. The number of allylic oxidation sites excluding steroid dienone is 1. The highest BCUT2D eigenvalue weighted by Gasteiger charge is 2.50. The Hall–Kier alpha value is -1.13. The van der Waals surface area contributed by atoms with Crippen LogP contribution in [0.1, 0.15) is 39.0 Å². The minimum Gasteiger partial charge on any atom is -0.423 e. The molecule has 94 valence electrons. The number of aliphatic hydroxyl groups excluding tert-OH is 1. The van der Waals surface area contributed by atoms with Crippen molar-refractivity contribution in [1.82, 2.24) is 0 Å². The molecule has 0 saturated carbocycles. The van der Waals surface area contributed by atoms with Gasteiger partial charge in [0.15, 0.2) is 0 Å². The first-order valence-corrected chi connectivity index (χ1v) is 6.13. The quantitative estimate of drug-likeness (QED) is 0.727. The molecule has 0 aromatic heterocycles. The van der Waals surface area contributed by atoms with E-state index in [4.69, 9.17) is 4.74 Å². The molecular formula is C13H18O4. The Bertz CT molecular complexity index is 383. The fourth-order valence-electron chi connectivity index (χ4n) is 2.35. The highest BCUT2D eigenvalue weighted by molar-refractivity contribution is 5.96. The zero-order valence-electron chi connectivity index (χ0n) is 9.98. The van der Waals surface area contributed by atoms with E-state index in [2.05, 4.69) is 0 Å². The molecule has 2 atom stereocenters. The molecule has 0 radical (unpaired) electrons. The first kappa shape index (κ1) is 12.3. The molecule has 2 unspecified atom stereocenters. The smallest absolute Gasteiger partial charge is 0.341 e. The van der Waals surface area contributed by atoms with Crippen LogP contribution in [0.4, 0.5) is 0 Å². The van der Waals surface area contributed by atoms with Crippen molar-refractivity contribution in [2.75, 3.05) is 0 Å². The third kappa shape index (κ3) is 2.03. The van der Waals surface area contributed by atoms with E-state index in [1.165, 1.54) is 0 Å². The molecule has 2 rings (SSSR count). The maximum absolute atomic E-state index is 11.6. The molecule has 0 amide bonds. The Kier molecular flexibility index (Phi) is 3.35. The van der Waals surface area contributed by atoms with Gasteiger partial charge >= 0.3 is 5.97 Å². The zero-order valence-corrected chi connectivity index (χ0v) is 9.98. The van der Waals surface area contributed by atoms with E-state index in [-0.39, 0.29) is 0 Å². The van der Waals surface area contributed by atoms with Crippen LogP contribution in [0.5, 0.6) is 0 Å². The van der Waals surface area contributed by atoms with Gasteiger partial charge in [0.25, 0.3) is 5.79 Å². The number of carbonyl (C=O) groups excluding carboxylic acids is 1. The predicted molar refractivity (Wildman–Crippen MR) is 62.0 cm³/mol. The minimum atomic E-state index is -1.80. The Morgan fingerprint density at radius 2 is 2.35 bits per heavy atom. The Labute approximate surface area is 101 Å². The van der Waals surface area contributed by atoms with E-state index in [9.17, 15) is 15.0 Å². The molecule has 0 saturated heterocycles. The second kappa shape index (κ2) is 4.63. The van der Waals surface area contributed by atoms with Crippen LogP contribution < -0.4 is 0 Å². The Morgan fingerprint density at radius 3 is 3.06 bits per heavy atom. The summed E-state index contributed by atoms with van der Waals surface area (Å²) in [6.07, 6.45) is 5.99. The van der Waals surface area contributed by atoms with Crippen LogP contribution in [-0.4, -0.2) is 28.1 Å². The van der Waals surface area contributed by atoms with E-state index >= 15 is 0 Å². The standard InChI is InChI=1S/C13H18O4/c1-2-3-8-11(14)13(16)10-7-5-4-6-9(10)12(15)17-13/h4,6,11,14,16H,2-3,5,7-8H2,1H3. The average molecular weight is 238 g/mol. The third-order valence-corrected chi connectivity index (χ3v) is 3.35. The summed E-state index contributed by atoms with van der Waals surface area (Å²) in [7, 11) is 0. The maximum atomic E-state index is 11.6. The van der Waals surface area contributed by atoms with E-state index in [0.29, 0.717) is 24.0 Å². The molecule has 0 spiro atoms. The lowest BCUT2D eigenvalue weighted by Crippen LogP contribution is -2.44. The van der Waals surface area contributed by atoms with Gasteiger partial charge in [-0.25, -0.2) is 4.79 Å². The van der Waals surface area contributed by atoms with Gasteiger partial charge < -0.3 is 14.9 Å². The molecule has 0 bridgehead atoms. The van der Waals surface area contributed by atoms with Crippen molar-refractivity contribution < 1.29 is 19.7 Å². The van der Waals surface area contributed by atoms with E-state index in [0.717, 1.165) is 19.3 Å². The van der Waals surface area contributed by atoms with E-state index < -0.39 is 17.9 Å². The van der Waals surface area contributed by atoms with Crippen LogP contribution in [0.15, 0.2) is 23.3 Å². The van der Waals surface area contributed by atoms with Crippen molar-refractivity contribution in [2.24, 2.45) is 0 Å². The van der Waals surface area contributed by atoms with Gasteiger partial charge in [-0.05, 0) is 19.3 Å². The van der Waals surface area contributed by atoms with Crippen LogP contribution >= 0.6 is 0 Å². The van der Waals surface area contributed by atoms with Gasteiger partial charge in [-0.1, -0.05) is 31.9 Å². The van der Waals surface area contributed by atoms with Crippen molar-refractivity contribution in [2.45, 2.75) is 50.9 Å². The van der Waals surface area contributed by atoms with Crippen LogP contribution in [-0.2, 0) is 9.53 Å². The van der Waals surface area contributed by atoms with Gasteiger partial charge in [0, 0.05) is 5.57 Å². The molecule has 2 aliphatic rings. The Balaban J connectivity index is 2.23. The highest BCUT2D eigenvalue weighted by atomic mass is 16.7. The topological polar surface area (TPSA) is 66.8 Å². The molecule has 0 aromatic carbocycles. The number of unbranched alkanes of at least 4 members (excludes halogenated alkanes) is 1. The first-order chi connectivity index (χ1) is 8.09. The number of carbonyl (C=O) groups is 1. The summed E-state index contributed by atoms with van der Waals surface area (Å²) in [6.45, 7) is 2.01. The number of aliphatic hydroxyl groups is 2. The molecule has 0 fully saturated rings. The van der Waals surface area contributed by atoms with Gasteiger partial charge in [0.05, 0.1) is 5.57 Å². The summed E-state index contributed by atoms with van der Waals surface area (Å²) in [5.74, 6) is -2.33. The number of rotatable bonds is 4. The predicted octanol–water partition coefficient (Wildman–Crippen LogP) is 1.43. The summed E-state index contributed by atoms with van der Waals surface area (Å²) in [5.41, 5.74) is 0.947. The summed E-state index contributed by atoms with van der Waals surface area (Å²) in [5, 5.41) is 20.4. The molecule has 1 aliphatic heterocycles. The summed E-state index contributed by atoms with van der Waals surface area (Å²) in [6, 6.07) is 0. The fourth-order valence-corrected chi connectivity index (χ4v) is 2.35. The second-order valence-corrected chi connectivity index (χ2v) is 4.58. The average Bonchev–Trinajstić information content (AvgIpc) is 2.61. The van der Waals surface area contributed by atoms with Crippen molar-refractivity contribution in [3.63, 3.8) is 0 Å². The van der Waals surface area contributed by atoms with E-state index in [1.54, 1.807) is 6.08 Å². The number of esters is 1. The lowest BCUT2D eigenvalue weighted by molar-refractivity contribution is -0.218. The summed E-state index contributed by atoms with van der Waals surface area (Å²) in [4.78, 5) is 11.6. The molecule has 1 heterocycles. The molecule has 2 N–H and O–H groups in total. The SMILES string of the molecule is CCCCC(O)C1(O)OC(=O)C2=C1CCC=C2. The van der Waals surface area contributed by atoms with Crippen LogP contribution in [0.2, 0.25) is 0 Å². The van der Waals surface area contributed by atoms with Crippen molar-refractivity contribution in [3.8, 4) is 0 Å². The van der Waals surface area contributed by atoms with Crippen molar-refractivity contribution >= 4 is 5.97 Å². The lowest BCUT2D eigenvalue weighted by Gasteiger charge is -2.30. The third-order valence-electron chi connectivity index (χ3n) is 3.35. The number of ether oxygens (including phenoxy) is 1. The van der Waals surface area contributed by atoms with Crippen LogP contribution in [0.25, 0.3) is 0 Å². The fraction of sp³-hybridized carbons (Fsp3) is 0.615.